The first-order chi connectivity index (χ1) is 13.6. The second-order valence-electron chi connectivity index (χ2n) is 7.10. The Kier molecular flexibility index (Phi) is 5.14. The van der Waals surface area contributed by atoms with Gasteiger partial charge in [0.1, 0.15) is 12.1 Å². The molecule has 3 aromatic rings. The number of carbonyl (C=O) groups is 1. The number of piperidine rings is 1. The number of aromatic nitrogens is 3. The fourth-order valence-electron chi connectivity index (χ4n) is 3.69. The van der Waals surface area contributed by atoms with Crippen LogP contribution in [-0.4, -0.2) is 39.0 Å². The van der Waals surface area contributed by atoms with Gasteiger partial charge in [0.15, 0.2) is 5.76 Å². The van der Waals surface area contributed by atoms with E-state index in [-0.39, 0.29) is 24.1 Å². The molecule has 28 heavy (non-hydrogen) atoms. The highest BCUT2D eigenvalue weighted by atomic mass is 19.1. The van der Waals surface area contributed by atoms with Gasteiger partial charge < -0.3 is 9.42 Å². The Hall–Kier alpha value is -3.09. The molecule has 144 valence electrons. The van der Waals surface area contributed by atoms with Crippen LogP contribution < -0.4 is 0 Å². The Labute approximate surface area is 162 Å². The van der Waals surface area contributed by atoms with Crippen molar-refractivity contribution >= 4 is 5.91 Å². The molecular formula is C21H21FN4O2. The molecule has 6 nitrogen and oxygen atoms in total. The third-order valence-corrected chi connectivity index (χ3v) is 5.10. The van der Waals surface area contributed by atoms with Gasteiger partial charge in [-0.3, -0.25) is 4.79 Å². The van der Waals surface area contributed by atoms with Crippen molar-refractivity contribution in [2.45, 2.75) is 32.1 Å². The summed E-state index contributed by atoms with van der Waals surface area (Å²) in [6.45, 7) is 3.08. The first-order valence-electron chi connectivity index (χ1n) is 9.36. The SMILES string of the molecule is Cc1cc(-c2cncnc2[C@H]2CCCN(C(=O)Cc3ccccc3F)C2)on1. The van der Waals surface area contributed by atoms with Crippen LogP contribution in [0.25, 0.3) is 11.3 Å². The molecule has 0 N–H and O–H groups in total. The number of halogens is 1. The lowest BCUT2D eigenvalue weighted by Gasteiger charge is -2.33. The zero-order valence-electron chi connectivity index (χ0n) is 15.6. The molecule has 4 rings (SSSR count). The van der Waals surface area contributed by atoms with E-state index in [0.29, 0.717) is 24.4 Å². The molecule has 1 amide bonds. The highest BCUT2D eigenvalue weighted by molar-refractivity contribution is 5.79. The zero-order chi connectivity index (χ0) is 19.5. The summed E-state index contributed by atoms with van der Waals surface area (Å²) in [5, 5.41) is 3.95. The van der Waals surface area contributed by atoms with E-state index in [1.165, 1.54) is 12.4 Å². The Morgan fingerprint density at radius 2 is 2.21 bits per heavy atom. The van der Waals surface area contributed by atoms with Gasteiger partial charge in [0.2, 0.25) is 5.91 Å². The second kappa shape index (κ2) is 7.88. The van der Waals surface area contributed by atoms with Crippen molar-refractivity contribution < 1.29 is 13.7 Å². The third-order valence-electron chi connectivity index (χ3n) is 5.10. The summed E-state index contributed by atoms with van der Waals surface area (Å²) >= 11 is 0. The normalized spacial score (nSPS) is 16.9. The maximum atomic E-state index is 13.9. The summed E-state index contributed by atoms with van der Waals surface area (Å²) < 4.78 is 19.3. The summed E-state index contributed by atoms with van der Waals surface area (Å²) in [6, 6.07) is 8.27. The molecule has 1 aliphatic rings. The van der Waals surface area contributed by atoms with Crippen molar-refractivity contribution in [2.75, 3.05) is 13.1 Å². The van der Waals surface area contributed by atoms with E-state index in [2.05, 4.69) is 15.1 Å². The number of likely N-dealkylation sites (tertiary alicyclic amines) is 1. The van der Waals surface area contributed by atoms with E-state index in [1.54, 1.807) is 29.3 Å². The van der Waals surface area contributed by atoms with Gasteiger partial charge in [0, 0.05) is 31.3 Å². The average molecular weight is 380 g/mol. The van der Waals surface area contributed by atoms with Crippen LogP contribution in [0.2, 0.25) is 0 Å². The zero-order valence-corrected chi connectivity index (χ0v) is 15.6. The summed E-state index contributed by atoms with van der Waals surface area (Å²) in [6.07, 6.45) is 5.09. The molecule has 0 aliphatic carbocycles. The Morgan fingerprint density at radius 3 is 3.00 bits per heavy atom. The number of benzene rings is 1. The maximum Gasteiger partial charge on any atom is 0.227 e. The second-order valence-corrected chi connectivity index (χ2v) is 7.10. The smallest absolute Gasteiger partial charge is 0.227 e. The van der Waals surface area contributed by atoms with Crippen LogP contribution in [0.4, 0.5) is 4.39 Å². The van der Waals surface area contributed by atoms with Gasteiger partial charge in [-0.15, -0.1) is 0 Å². The summed E-state index contributed by atoms with van der Waals surface area (Å²) in [7, 11) is 0. The molecule has 3 heterocycles. The third kappa shape index (κ3) is 3.78. The average Bonchev–Trinajstić information content (AvgIpc) is 3.16. The Balaban J connectivity index is 1.53. The van der Waals surface area contributed by atoms with Crippen LogP contribution in [0.1, 0.15) is 35.7 Å². The highest BCUT2D eigenvalue weighted by Crippen LogP contribution is 2.33. The molecule has 1 aliphatic heterocycles. The standard InChI is InChI=1S/C21H21FN4O2/c1-14-9-19(28-25-14)17-11-23-13-24-21(17)16-6-4-8-26(12-16)20(27)10-15-5-2-3-7-18(15)22/h2-3,5,7,9,11,13,16H,4,6,8,10,12H2,1H3/t16-/m0/s1. The van der Waals surface area contributed by atoms with Gasteiger partial charge in [0.25, 0.3) is 0 Å². The van der Waals surface area contributed by atoms with Crippen LogP contribution in [0, 0.1) is 12.7 Å². The van der Waals surface area contributed by atoms with Crippen LogP contribution in [0.3, 0.4) is 0 Å². The number of hydrogen-bond donors (Lipinski definition) is 0. The quantitative estimate of drug-likeness (QED) is 0.692. The van der Waals surface area contributed by atoms with Gasteiger partial charge >= 0.3 is 0 Å². The summed E-state index contributed by atoms with van der Waals surface area (Å²) in [4.78, 5) is 23.2. The van der Waals surface area contributed by atoms with E-state index in [4.69, 9.17) is 4.52 Å². The fourth-order valence-corrected chi connectivity index (χ4v) is 3.69. The molecule has 1 aromatic carbocycles. The van der Waals surface area contributed by atoms with Crippen molar-refractivity contribution in [3.8, 4) is 11.3 Å². The predicted molar refractivity (Wildman–Crippen MR) is 101 cm³/mol. The van der Waals surface area contributed by atoms with E-state index >= 15 is 0 Å². The molecule has 1 atom stereocenters. The predicted octanol–water partition coefficient (Wildman–Crippen LogP) is 3.53. The van der Waals surface area contributed by atoms with Crippen molar-refractivity contribution in [2.24, 2.45) is 0 Å². The minimum atomic E-state index is -0.344. The molecule has 1 fully saturated rings. The van der Waals surface area contributed by atoms with Gasteiger partial charge in [-0.2, -0.15) is 0 Å². The summed E-state index contributed by atoms with van der Waals surface area (Å²) in [5.41, 5.74) is 2.87. The molecular weight excluding hydrogens is 359 g/mol. The van der Waals surface area contributed by atoms with E-state index in [0.717, 1.165) is 29.8 Å². The first kappa shape index (κ1) is 18.3. The first-order valence-corrected chi connectivity index (χ1v) is 9.36. The fraction of sp³-hybridized carbons (Fsp3) is 0.333. The molecule has 0 unspecified atom stereocenters. The van der Waals surface area contributed by atoms with Crippen LogP contribution in [0.15, 0.2) is 47.4 Å². The molecule has 2 aromatic heterocycles. The lowest BCUT2D eigenvalue weighted by molar-refractivity contribution is -0.131. The number of rotatable bonds is 4. The van der Waals surface area contributed by atoms with Crippen molar-refractivity contribution in [1.82, 2.24) is 20.0 Å². The molecule has 0 radical (unpaired) electrons. The van der Waals surface area contributed by atoms with Gasteiger partial charge in [-0.1, -0.05) is 23.4 Å². The number of nitrogens with zero attached hydrogens (tertiary/aromatic N) is 4. The highest BCUT2D eigenvalue weighted by Gasteiger charge is 2.28. The largest absolute Gasteiger partial charge is 0.356 e. The Morgan fingerprint density at radius 1 is 1.36 bits per heavy atom. The molecule has 1 saturated heterocycles. The van der Waals surface area contributed by atoms with Gasteiger partial charge in [-0.25, -0.2) is 14.4 Å². The Bertz CT molecular complexity index is 988. The molecule has 7 heteroatoms. The maximum absolute atomic E-state index is 13.9. The van der Waals surface area contributed by atoms with Gasteiger partial charge in [-0.05, 0) is 31.4 Å². The monoisotopic (exact) mass is 380 g/mol. The number of amides is 1. The lowest BCUT2D eigenvalue weighted by atomic mass is 9.91. The van der Waals surface area contributed by atoms with Crippen LogP contribution >= 0.6 is 0 Å². The minimum Gasteiger partial charge on any atom is -0.356 e. The van der Waals surface area contributed by atoms with E-state index < -0.39 is 0 Å². The number of carbonyl (C=O) groups excluding carboxylic acids is 1. The minimum absolute atomic E-state index is 0.0668. The number of aryl methyl sites for hydroxylation is 1. The topological polar surface area (TPSA) is 72.1 Å². The molecule has 0 spiro atoms. The van der Waals surface area contributed by atoms with Crippen molar-refractivity contribution in [1.29, 1.82) is 0 Å². The van der Waals surface area contributed by atoms with Crippen LogP contribution in [0.5, 0.6) is 0 Å². The molecule has 0 bridgehead atoms. The van der Waals surface area contributed by atoms with Gasteiger partial charge in [0.05, 0.1) is 23.4 Å². The van der Waals surface area contributed by atoms with Crippen molar-refractivity contribution in [3.63, 3.8) is 0 Å². The van der Waals surface area contributed by atoms with Crippen molar-refractivity contribution in [3.05, 3.63) is 65.6 Å². The van der Waals surface area contributed by atoms with E-state index in [9.17, 15) is 9.18 Å². The summed E-state index contributed by atoms with van der Waals surface area (Å²) in [5.74, 6) is 0.286. The van der Waals surface area contributed by atoms with E-state index in [1.807, 2.05) is 13.0 Å². The van der Waals surface area contributed by atoms with Crippen LogP contribution in [-0.2, 0) is 11.2 Å². The lowest BCUT2D eigenvalue weighted by Crippen LogP contribution is -2.40. The number of hydrogen-bond acceptors (Lipinski definition) is 5. The molecule has 0 saturated carbocycles.